The Labute approximate surface area is 89.1 Å². The van der Waals surface area contributed by atoms with Crippen LogP contribution in [0.25, 0.3) is 5.52 Å². The van der Waals surface area contributed by atoms with Gasteiger partial charge in [-0.05, 0) is 31.9 Å². The van der Waals surface area contributed by atoms with Gasteiger partial charge in [-0.3, -0.25) is 0 Å². The van der Waals surface area contributed by atoms with E-state index >= 15 is 0 Å². The molecule has 0 radical (unpaired) electrons. The molecule has 2 aromatic rings. The summed E-state index contributed by atoms with van der Waals surface area (Å²) in [6, 6.07) is 4.17. The van der Waals surface area contributed by atoms with E-state index in [9.17, 15) is 0 Å². The van der Waals surface area contributed by atoms with Crippen LogP contribution in [0.1, 0.15) is 30.3 Å². The van der Waals surface area contributed by atoms with E-state index < -0.39 is 0 Å². The van der Waals surface area contributed by atoms with E-state index in [1.165, 1.54) is 24.2 Å². The van der Waals surface area contributed by atoms with Crippen LogP contribution in [0.3, 0.4) is 0 Å². The van der Waals surface area contributed by atoms with Crippen LogP contribution in [0.15, 0.2) is 18.3 Å². The van der Waals surface area contributed by atoms with Crippen molar-refractivity contribution in [2.24, 2.45) is 0 Å². The Morgan fingerprint density at radius 1 is 1.47 bits per heavy atom. The maximum absolute atomic E-state index is 4.68. The number of nitrogens with one attached hydrogen (secondary N) is 1. The van der Waals surface area contributed by atoms with E-state index in [0.717, 1.165) is 11.4 Å². The molecule has 0 unspecified atom stereocenters. The number of fused-ring (bicyclic) bond motifs is 1. The summed E-state index contributed by atoms with van der Waals surface area (Å²) in [5, 5.41) is 3.22. The smallest absolute Gasteiger partial charge is 0.116 e. The normalized spacial score (nSPS) is 15.9. The number of hydrogen-bond acceptors (Lipinski definition) is 2. The van der Waals surface area contributed by atoms with Crippen LogP contribution in [0, 0.1) is 6.92 Å². The van der Waals surface area contributed by atoms with Gasteiger partial charge in [0.1, 0.15) is 5.82 Å². The van der Waals surface area contributed by atoms with Gasteiger partial charge in [0.15, 0.2) is 0 Å². The van der Waals surface area contributed by atoms with E-state index in [1.54, 1.807) is 0 Å². The zero-order chi connectivity index (χ0) is 10.4. The Balaban J connectivity index is 2.32. The van der Waals surface area contributed by atoms with Crippen molar-refractivity contribution in [2.45, 2.75) is 25.7 Å². The van der Waals surface area contributed by atoms with Crippen molar-refractivity contribution < 1.29 is 0 Å². The van der Waals surface area contributed by atoms with E-state index in [2.05, 4.69) is 40.0 Å². The number of pyridine rings is 1. The molecule has 78 valence electrons. The predicted molar refractivity (Wildman–Crippen MR) is 61.5 cm³/mol. The van der Waals surface area contributed by atoms with Gasteiger partial charge in [-0.25, -0.2) is 4.98 Å². The highest BCUT2D eigenvalue weighted by Gasteiger charge is 2.28. The number of hydrogen-bond donors (Lipinski definition) is 1. The van der Waals surface area contributed by atoms with Gasteiger partial charge in [0, 0.05) is 19.2 Å². The molecule has 0 amide bonds. The number of rotatable bonds is 2. The van der Waals surface area contributed by atoms with Crippen LogP contribution in [0.4, 0.5) is 5.69 Å². The van der Waals surface area contributed by atoms with Crippen molar-refractivity contribution >= 4 is 11.2 Å². The maximum Gasteiger partial charge on any atom is 0.116 e. The molecule has 0 aromatic carbocycles. The van der Waals surface area contributed by atoms with Gasteiger partial charge in [-0.2, -0.15) is 0 Å². The molecule has 3 heteroatoms. The lowest BCUT2D eigenvalue weighted by atomic mass is 10.3. The average Bonchev–Trinajstić information content (AvgIpc) is 3.04. The second-order valence-electron chi connectivity index (χ2n) is 4.22. The minimum Gasteiger partial charge on any atom is -0.386 e. The fourth-order valence-corrected chi connectivity index (χ4v) is 2.18. The lowest BCUT2D eigenvalue weighted by Gasteiger charge is -2.04. The number of imidazole rings is 1. The number of aromatic nitrogens is 2. The molecular weight excluding hydrogens is 186 g/mol. The van der Waals surface area contributed by atoms with Crippen LogP contribution in [0.2, 0.25) is 0 Å². The summed E-state index contributed by atoms with van der Waals surface area (Å²) >= 11 is 0. The topological polar surface area (TPSA) is 29.3 Å². The molecular formula is C12H15N3. The highest BCUT2D eigenvalue weighted by Crippen LogP contribution is 2.40. The van der Waals surface area contributed by atoms with Crippen molar-refractivity contribution in [3.63, 3.8) is 0 Å². The Morgan fingerprint density at radius 3 is 2.93 bits per heavy atom. The quantitative estimate of drug-likeness (QED) is 0.809. The zero-order valence-electron chi connectivity index (χ0n) is 9.12. The van der Waals surface area contributed by atoms with Crippen molar-refractivity contribution in [3.05, 3.63) is 29.8 Å². The van der Waals surface area contributed by atoms with Crippen LogP contribution in [-0.2, 0) is 0 Å². The third kappa shape index (κ3) is 1.23. The van der Waals surface area contributed by atoms with E-state index in [4.69, 9.17) is 0 Å². The standard InChI is InChI=1S/C12H15N3/c1-8-11-10(13-2)4-3-7-15(11)12(14-8)9-5-6-9/h3-4,7,9,13H,5-6H2,1-2H3. The largest absolute Gasteiger partial charge is 0.386 e. The third-order valence-electron chi connectivity index (χ3n) is 3.08. The number of aryl methyl sites for hydroxylation is 1. The molecule has 1 N–H and O–H groups in total. The highest BCUT2D eigenvalue weighted by atomic mass is 15.1. The molecule has 3 rings (SSSR count). The van der Waals surface area contributed by atoms with Crippen LogP contribution in [-0.4, -0.2) is 16.4 Å². The first-order chi connectivity index (χ1) is 7.31. The zero-order valence-corrected chi connectivity index (χ0v) is 9.12. The Morgan fingerprint density at radius 2 is 2.27 bits per heavy atom. The highest BCUT2D eigenvalue weighted by molar-refractivity contribution is 5.74. The average molecular weight is 201 g/mol. The molecule has 1 aliphatic carbocycles. The molecule has 0 atom stereocenters. The van der Waals surface area contributed by atoms with Crippen molar-refractivity contribution in [1.29, 1.82) is 0 Å². The molecule has 3 nitrogen and oxygen atoms in total. The lowest BCUT2D eigenvalue weighted by Crippen LogP contribution is -1.95. The van der Waals surface area contributed by atoms with E-state index in [0.29, 0.717) is 5.92 Å². The minimum atomic E-state index is 0.693. The Hall–Kier alpha value is -1.51. The molecule has 1 saturated carbocycles. The van der Waals surface area contributed by atoms with Crippen molar-refractivity contribution in [3.8, 4) is 0 Å². The van der Waals surface area contributed by atoms with Crippen LogP contribution >= 0.6 is 0 Å². The summed E-state index contributed by atoms with van der Waals surface area (Å²) in [6.45, 7) is 2.09. The van der Waals surface area contributed by atoms with Crippen LogP contribution in [0.5, 0.6) is 0 Å². The lowest BCUT2D eigenvalue weighted by molar-refractivity contribution is 0.916. The monoisotopic (exact) mass is 201 g/mol. The summed E-state index contributed by atoms with van der Waals surface area (Å²) in [4.78, 5) is 4.68. The minimum absolute atomic E-state index is 0.693. The van der Waals surface area contributed by atoms with Gasteiger partial charge in [0.2, 0.25) is 0 Å². The molecule has 0 saturated heterocycles. The summed E-state index contributed by atoms with van der Waals surface area (Å²) < 4.78 is 2.23. The molecule has 0 spiro atoms. The molecule has 1 fully saturated rings. The SMILES string of the molecule is CNc1cccn2c(C3CC3)nc(C)c12. The van der Waals surface area contributed by atoms with Gasteiger partial charge in [-0.1, -0.05) is 0 Å². The fraction of sp³-hybridized carbons (Fsp3) is 0.417. The van der Waals surface area contributed by atoms with E-state index in [-0.39, 0.29) is 0 Å². The fourth-order valence-electron chi connectivity index (χ4n) is 2.18. The summed E-state index contributed by atoms with van der Waals surface area (Å²) in [5.74, 6) is 1.93. The van der Waals surface area contributed by atoms with Crippen molar-refractivity contribution in [1.82, 2.24) is 9.38 Å². The van der Waals surface area contributed by atoms with Gasteiger partial charge in [0.05, 0.1) is 16.9 Å². The molecule has 15 heavy (non-hydrogen) atoms. The van der Waals surface area contributed by atoms with Gasteiger partial charge < -0.3 is 9.72 Å². The van der Waals surface area contributed by atoms with Crippen LogP contribution < -0.4 is 5.32 Å². The van der Waals surface area contributed by atoms with Gasteiger partial charge in [-0.15, -0.1) is 0 Å². The first kappa shape index (κ1) is 8.77. The molecule has 1 aliphatic rings. The summed E-state index contributed by atoms with van der Waals surface area (Å²) in [7, 11) is 1.96. The summed E-state index contributed by atoms with van der Waals surface area (Å²) in [6.07, 6.45) is 4.70. The van der Waals surface area contributed by atoms with Gasteiger partial charge >= 0.3 is 0 Å². The second kappa shape index (κ2) is 2.99. The Bertz CT molecular complexity index is 509. The first-order valence-electron chi connectivity index (χ1n) is 5.46. The molecule has 2 aromatic heterocycles. The summed E-state index contributed by atoms with van der Waals surface area (Å²) in [5.41, 5.74) is 3.51. The second-order valence-corrected chi connectivity index (χ2v) is 4.22. The maximum atomic E-state index is 4.68. The Kier molecular flexibility index (Phi) is 1.75. The molecule has 0 bridgehead atoms. The number of nitrogens with zero attached hydrogens (tertiary/aromatic N) is 2. The first-order valence-corrected chi connectivity index (χ1v) is 5.46. The van der Waals surface area contributed by atoms with Crippen molar-refractivity contribution in [2.75, 3.05) is 12.4 Å². The molecule has 0 aliphatic heterocycles. The van der Waals surface area contributed by atoms with E-state index in [1.807, 2.05) is 7.05 Å². The van der Waals surface area contributed by atoms with Gasteiger partial charge in [0.25, 0.3) is 0 Å². The molecule has 2 heterocycles. The third-order valence-corrected chi connectivity index (χ3v) is 3.08. The number of anilines is 1. The predicted octanol–water partition coefficient (Wildman–Crippen LogP) is 2.56.